The van der Waals surface area contributed by atoms with E-state index in [4.69, 9.17) is 0 Å². The standard InChI is InChI=1S/C18H20N4O5S/c1-20-9-11-21(12-10-20)18(23)14-3-2-4-15(13-14)19-28(26,27)17-7-5-16(6-8-17)22(24)25/h2-8,13,19H,9-12H2,1H3. The summed E-state index contributed by atoms with van der Waals surface area (Å²) in [6.45, 7) is 2.82. The molecule has 2 aromatic rings. The van der Waals surface area contributed by atoms with Gasteiger partial charge in [0.05, 0.1) is 9.82 Å². The smallest absolute Gasteiger partial charge is 0.269 e. The number of rotatable bonds is 5. The molecule has 1 fully saturated rings. The van der Waals surface area contributed by atoms with Gasteiger partial charge in [0, 0.05) is 49.6 Å². The Bertz CT molecular complexity index is 983. The van der Waals surface area contributed by atoms with Gasteiger partial charge in [0.2, 0.25) is 0 Å². The van der Waals surface area contributed by atoms with Crippen molar-refractivity contribution in [3.8, 4) is 0 Å². The fourth-order valence-corrected chi connectivity index (χ4v) is 3.92. The number of carbonyl (C=O) groups is 1. The summed E-state index contributed by atoms with van der Waals surface area (Å²) < 4.78 is 27.5. The molecule has 10 heteroatoms. The number of non-ortho nitro benzene ring substituents is 1. The predicted octanol–water partition coefficient (Wildman–Crippen LogP) is 1.78. The van der Waals surface area contributed by atoms with Crippen molar-refractivity contribution in [2.24, 2.45) is 0 Å². The molecule has 0 atom stereocenters. The van der Waals surface area contributed by atoms with Crippen LogP contribution in [0, 0.1) is 10.1 Å². The molecule has 9 nitrogen and oxygen atoms in total. The number of likely N-dealkylation sites (N-methyl/N-ethyl adjacent to an activating group) is 1. The molecule has 1 heterocycles. The Labute approximate surface area is 162 Å². The SMILES string of the molecule is CN1CCN(C(=O)c2cccc(NS(=O)(=O)c3ccc([N+](=O)[O-])cc3)c2)CC1. The van der Waals surface area contributed by atoms with Gasteiger partial charge >= 0.3 is 0 Å². The highest BCUT2D eigenvalue weighted by atomic mass is 32.2. The maximum atomic E-state index is 12.7. The lowest BCUT2D eigenvalue weighted by Gasteiger charge is -2.32. The van der Waals surface area contributed by atoms with Crippen LogP contribution in [-0.2, 0) is 10.0 Å². The summed E-state index contributed by atoms with van der Waals surface area (Å²) in [5, 5.41) is 10.7. The van der Waals surface area contributed by atoms with Gasteiger partial charge < -0.3 is 9.80 Å². The first-order valence-electron chi connectivity index (χ1n) is 8.61. The van der Waals surface area contributed by atoms with E-state index in [2.05, 4.69) is 9.62 Å². The van der Waals surface area contributed by atoms with E-state index in [0.29, 0.717) is 18.7 Å². The zero-order valence-corrected chi connectivity index (χ0v) is 16.1. The van der Waals surface area contributed by atoms with Gasteiger partial charge in [0.25, 0.3) is 21.6 Å². The van der Waals surface area contributed by atoms with Gasteiger partial charge in [0.1, 0.15) is 0 Å². The molecule has 148 valence electrons. The van der Waals surface area contributed by atoms with Crippen molar-refractivity contribution < 1.29 is 18.1 Å². The van der Waals surface area contributed by atoms with Crippen molar-refractivity contribution in [1.82, 2.24) is 9.80 Å². The first-order chi connectivity index (χ1) is 13.3. The Hall–Kier alpha value is -2.98. The summed E-state index contributed by atoms with van der Waals surface area (Å²) in [4.78, 5) is 26.5. The van der Waals surface area contributed by atoms with E-state index in [1.165, 1.54) is 18.2 Å². The van der Waals surface area contributed by atoms with Crippen molar-refractivity contribution >= 4 is 27.3 Å². The van der Waals surface area contributed by atoms with Crippen molar-refractivity contribution in [3.05, 3.63) is 64.2 Å². The third-order valence-electron chi connectivity index (χ3n) is 4.51. The molecule has 1 aliphatic heterocycles. The molecule has 0 saturated carbocycles. The minimum Gasteiger partial charge on any atom is -0.336 e. The highest BCUT2D eigenvalue weighted by Gasteiger charge is 2.21. The lowest BCUT2D eigenvalue weighted by molar-refractivity contribution is -0.384. The molecule has 0 radical (unpaired) electrons. The number of piperazine rings is 1. The maximum absolute atomic E-state index is 12.7. The number of anilines is 1. The Morgan fingerprint density at radius 3 is 2.32 bits per heavy atom. The first-order valence-corrected chi connectivity index (χ1v) is 10.1. The molecule has 0 bridgehead atoms. The van der Waals surface area contributed by atoms with Crippen molar-refractivity contribution in [2.75, 3.05) is 37.9 Å². The number of amides is 1. The van der Waals surface area contributed by atoms with Crippen molar-refractivity contribution in [1.29, 1.82) is 0 Å². The summed E-state index contributed by atoms with van der Waals surface area (Å²) in [5.41, 5.74) is 0.450. The van der Waals surface area contributed by atoms with E-state index in [0.717, 1.165) is 25.2 Å². The fraction of sp³-hybridized carbons (Fsp3) is 0.278. The van der Waals surface area contributed by atoms with Crippen LogP contribution in [0.4, 0.5) is 11.4 Å². The number of hydrogen-bond donors (Lipinski definition) is 1. The van der Waals surface area contributed by atoms with Crippen LogP contribution in [0.3, 0.4) is 0 Å². The van der Waals surface area contributed by atoms with Crippen LogP contribution in [0.1, 0.15) is 10.4 Å². The highest BCUT2D eigenvalue weighted by Crippen LogP contribution is 2.20. The molecule has 0 aliphatic carbocycles. The van der Waals surface area contributed by atoms with Crippen LogP contribution in [-0.4, -0.2) is 62.3 Å². The molecule has 1 N–H and O–H groups in total. The number of nitrogens with one attached hydrogen (secondary N) is 1. The largest absolute Gasteiger partial charge is 0.336 e. The van der Waals surface area contributed by atoms with E-state index < -0.39 is 14.9 Å². The summed E-state index contributed by atoms with van der Waals surface area (Å²) in [6, 6.07) is 10.9. The summed E-state index contributed by atoms with van der Waals surface area (Å²) in [7, 11) is -1.94. The average molecular weight is 404 g/mol. The molecule has 1 aliphatic rings. The van der Waals surface area contributed by atoms with Gasteiger partial charge in [-0.05, 0) is 37.4 Å². The van der Waals surface area contributed by atoms with Crippen molar-refractivity contribution in [2.45, 2.75) is 4.90 Å². The summed E-state index contributed by atoms with van der Waals surface area (Å²) in [6.07, 6.45) is 0. The lowest BCUT2D eigenvalue weighted by Crippen LogP contribution is -2.47. The minimum atomic E-state index is -3.93. The van der Waals surface area contributed by atoms with Gasteiger partial charge in [-0.2, -0.15) is 0 Å². The third-order valence-corrected chi connectivity index (χ3v) is 5.91. The molecule has 3 rings (SSSR count). The topological polar surface area (TPSA) is 113 Å². The number of hydrogen-bond acceptors (Lipinski definition) is 6. The Morgan fingerprint density at radius 2 is 1.71 bits per heavy atom. The number of nitrogens with zero attached hydrogens (tertiary/aromatic N) is 3. The Morgan fingerprint density at radius 1 is 1.07 bits per heavy atom. The van der Waals surface area contributed by atoms with Gasteiger partial charge in [-0.1, -0.05) is 6.07 Å². The summed E-state index contributed by atoms with van der Waals surface area (Å²) in [5.74, 6) is -0.149. The van der Waals surface area contributed by atoms with Crippen LogP contribution >= 0.6 is 0 Å². The van der Waals surface area contributed by atoms with Gasteiger partial charge in [0.15, 0.2) is 0 Å². The van der Waals surface area contributed by atoms with Crippen LogP contribution in [0.25, 0.3) is 0 Å². The maximum Gasteiger partial charge on any atom is 0.269 e. The molecular weight excluding hydrogens is 384 g/mol. The van der Waals surface area contributed by atoms with Gasteiger partial charge in [-0.25, -0.2) is 8.42 Å². The monoisotopic (exact) mass is 404 g/mol. The first kappa shape index (κ1) is 19.8. The second kappa shape index (κ2) is 7.95. The second-order valence-electron chi connectivity index (χ2n) is 6.53. The van der Waals surface area contributed by atoms with Gasteiger partial charge in [-0.15, -0.1) is 0 Å². The van der Waals surface area contributed by atoms with E-state index in [9.17, 15) is 23.3 Å². The molecule has 0 aromatic heterocycles. The second-order valence-corrected chi connectivity index (χ2v) is 8.22. The van der Waals surface area contributed by atoms with Gasteiger partial charge in [-0.3, -0.25) is 19.6 Å². The Balaban J connectivity index is 1.76. The normalized spacial score (nSPS) is 15.2. The van der Waals surface area contributed by atoms with E-state index in [1.807, 2.05) is 7.05 Å². The number of sulfonamides is 1. The Kier molecular flexibility index (Phi) is 5.61. The van der Waals surface area contributed by atoms with Crippen LogP contribution < -0.4 is 4.72 Å². The van der Waals surface area contributed by atoms with E-state index in [1.54, 1.807) is 23.1 Å². The zero-order chi connectivity index (χ0) is 20.3. The molecule has 28 heavy (non-hydrogen) atoms. The van der Waals surface area contributed by atoms with Crippen molar-refractivity contribution in [3.63, 3.8) is 0 Å². The summed E-state index contributed by atoms with van der Waals surface area (Å²) >= 11 is 0. The number of nitro benzene ring substituents is 1. The predicted molar refractivity (Wildman–Crippen MR) is 104 cm³/mol. The molecule has 0 unspecified atom stereocenters. The molecular formula is C18H20N4O5S. The van der Waals surface area contributed by atoms with Crippen LogP contribution in [0.15, 0.2) is 53.4 Å². The third kappa shape index (κ3) is 4.46. The number of nitro groups is 1. The van der Waals surface area contributed by atoms with E-state index in [-0.39, 0.29) is 22.2 Å². The molecule has 0 spiro atoms. The fourth-order valence-electron chi connectivity index (χ4n) is 2.87. The lowest BCUT2D eigenvalue weighted by atomic mass is 10.1. The van der Waals surface area contributed by atoms with E-state index >= 15 is 0 Å². The molecule has 1 saturated heterocycles. The minimum absolute atomic E-state index is 0.103. The molecule has 1 amide bonds. The average Bonchev–Trinajstić information content (AvgIpc) is 2.68. The number of benzene rings is 2. The zero-order valence-electron chi connectivity index (χ0n) is 15.2. The van der Waals surface area contributed by atoms with Crippen LogP contribution in [0.5, 0.6) is 0 Å². The number of carbonyl (C=O) groups excluding carboxylic acids is 1. The quantitative estimate of drug-likeness (QED) is 0.600. The molecule has 2 aromatic carbocycles. The van der Waals surface area contributed by atoms with Crippen LogP contribution in [0.2, 0.25) is 0 Å². The highest BCUT2D eigenvalue weighted by molar-refractivity contribution is 7.92.